The second-order valence-electron chi connectivity index (χ2n) is 5.30. The Labute approximate surface area is 134 Å². The van der Waals surface area contributed by atoms with Gasteiger partial charge in [-0.2, -0.15) is 0 Å². The number of benzene rings is 1. The van der Waals surface area contributed by atoms with Gasteiger partial charge in [-0.3, -0.25) is 0 Å². The summed E-state index contributed by atoms with van der Waals surface area (Å²) < 4.78 is 10.6. The van der Waals surface area contributed by atoms with Gasteiger partial charge in [-0.1, -0.05) is 0 Å². The molecule has 1 aromatic heterocycles. The van der Waals surface area contributed by atoms with Crippen molar-refractivity contribution in [2.75, 3.05) is 37.5 Å². The molecule has 0 amide bonds. The quantitative estimate of drug-likeness (QED) is 0.829. The Balaban J connectivity index is 1.70. The number of nitrogens with zero attached hydrogens (tertiary/aromatic N) is 2. The summed E-state index contributed by atoms with van der Waals surface area (Å²) in [7, 11) is 1.67. The topological polar surface area (TPSA) is 60.6 Å². The number of aromatic nitrogens is 1. The molecular formula is C16H21N3O2S. The molecule has 1 fully saturated rings. The second kappa shape index (κ2) is 6.98. The molecule has 6 heteroatoms. The minimum atomic E-state index is 0.328. The summed E-state index contributed by atoms with van der Waals surface area (Å²) >= 11 is 1.51. The number of hydrogen-bond acceptors (Lipinski definition) is 6. The number of ether oxygens (including phenoxy) is 2. The van der Waals surface area contributed by atoms with Crippen LogP contribution in [-0.4, -0.2) is 31.9 Å². The number of nitrogens with two attached hydrogens (primary N) is 1. The maximum atomic E-state index is 5.77. The highest BCUT2D eigenvalue weighted by atomic mass is 32.1. The van der Waals surface area contributed by atoms with Gasteiger partial charge in [0.1, 0.15) is 12.4 Å². The molecule has 0 radical (unpaired) electrons. The van der Waals surface area contributed by atoms with Gasteiger partial charge in [0.05, 0.1) is 18.3 Å². The summed E-state index contributed by atoms with van der Waals surface area (Å²) in [5.41, 5.74) is 8.06. The van der Waals surface area contributed by atoms with Gasteiger partial charge in [0, 0.05) is 24.7 Å². The van der Waals surface area contributed by atoms with E-state index in [4.69, 9.17) is 15.2 Å². The van der Waals surface area contributed by atoms with Gasteiger partial charge in [-0.25, -0.2) is 4.98 Å². The van der Waals surface area contributed by atoms with Crippen LogP contribution in [-0.2, 0) is 4.74 Å². The molecule has 2 heterocycles. The smallest absolute Gasteiger partial charge is 0.180 e. The molecule has 5 nitrogen and oxygen atoms in total. The zero-order valence-electron chi connectivity index (χ0n) is 12.7. The number of hydrogen-bond donors (Lipinski definition) is 1. The Morgan fingerprint density at radius 2 is 2.14 bits per heavy atom. The maximum absolute atomic E-state index is 5.77. The van der Waals surface area contributed by atoms with Crippen molar-refractivity contribution in [1.29, 1.82) is 0 Å². The van der Waals surface area contributed by atoms with Crippen LogP contribution in [0, 0.1) is 0 Å². The average molecular weight is 319 g/mol. The lowest BCUT2D eigenvalue weighted by atomic mass is 10.1. The molecular weight excluding hydrogens is 298 g/mol. The monoisotopic (exact) mass is 319 g/mol. The van der Waals surface area contributed by atoms with Gasteiger partial charge in [-0.15, -0.1) is 11.3 Å². The van der Waals surface area contributed by atoms with Crippen molar-refractivity contribution in [2.24, 2.45) is 0 Å². The largest absolute Gasteiger partial charge is 0.491 e. The van der Waals surface area contributed by atoms with Crippen LogP contribution in [0.2, 0.25) is 0 Å². The molecule has 0 unspecified atom stereocenters. The lowest BCUT2D eigenvalue weighted by molar-refractivity contribution is 0.146. The first kappa shape index (κ1) is 15.1. The SMILES string of the molecule is COCCOc1ccc(N2CCC[C@@H]2c2csc(N)n2)cc1. The van der Waals surface area contributed by atoms with E-state index in [1.807, 2.05) is 12.1 Å². The molecule has 0 aliphatic carbocycles. The molecule has 0 spiro atoms. The fraction of sp³-hybridized carbons (Fsp3) is 0.438. The molecule has 1 aromatic carbocycles. The maximum Gasteiger partial charge on any atom is 0.180 e. The van der Waals surface area contributed by atoms with E-state index >= 15 is 0 Å². The van der Waals surface area contributed by atoms with E-state index in [0.717, 1.165) is 24.4 Å². The molecule has 0 bridgehead atoms. The van der Waals surface area contributed by atoms with Gasteiger partial charge in [0.25, 0.3) is 0 Å². The summed E-state index contributed by atoms with van der Waals surface area (Å²) in [5.74, 6) is 0.870. The summed E-state index contributed by atoms with van der Waals surface area (Å²) in [6.07, 6.45) is 2.30. The minimum Gasteiger partial charge on any atom is -0.491 e. The standard InChI is InChI=1S/C16H21N3O2S/c1-20-9-10-21-13-6-4-12(5-7-13)19-8-2-3-15(19)14-11-22-16(17)18-14/h4-7,11,15H,2-3,8-10H2,1H3,(H2,17,18)/t15-/m1/s1. The second-order valence-corrected chi connectivity index (χ2v) is 6.19. The Hall–Kier alpha value is -1.79. The fourth-order valence-corrected chi connectivity index (χ4v) is 3.42. The molecule has 1 atom stereocenters. The van der Waals surface area contributed by atoms with E-state index in [1.165, 1.54) is 23.4 Å². The molecule has 0 saturated carbocycles. The first-order valence-corrected chi connectivity index (χ1v) is 8.35. The zero-order valence-corrected chi connectivity index (χ0v) is 13.5. The predicted molar refractivity (Wildman–Crippen MR) is 89.7 cm³/mol. The molecule has 118 valence electrons. The Morgan fingerprint density at radius 3 is 2.82 bits per heavy atom. The van der Waals surface area contributed by atoms with E-state index in [1.54, 1.807) is 7.11 Å². The summed E-state index contributed by atoms with van der Waals surface area (Å²) in [6.45, 7) is 2.22. The van der Waals surface area contributed by atoms with E-state index in [-0.39, 0.29) is 0 Å². The lowest BCUT2D eigenvalue weighted by Gasteiger charge is -2.25. The predicted octanol–water partition coefficient (Wildman–Crippen LogP) is 3.09. The van der Waals surface area contributed by atoms with E-state index in [9.17, 15) is 0 Å². The van der Waals surface area contributed by atoms with Crippen LogP contribution in [0.15, 0.2) is 29.6 Å². The van der Waals surface area contributed by atoms with Crippen LogP contribution in [0.3, 0.4) is 0 Å². The van der Waals surface area contributed by atoms with Crippen LogP contribution < -0.4 is 15.4 Å². The normalized spacial score (nSPS) is 17.9. The van der Waals surface area contributed by atoms with Crippen molar-refractivity contribution in [3.8, 4) is 5.75 Å². The third-order valence-electron chi connectivity index (χ3n) is 3.86. The van der Waals surface area contributed by atoms with Crippen LogP contribution in [0.4, 0.5) is 10.8 Å². The van der Waals surface area contributed by atoms with Crippen molar-refractivity contribution < 1.29 is 9.47 Å². The molecule has 1 aliphatic heterocycles. The number of nitrogen functional groups attached to an aromatic ring is 1. The Bertz CT molecular complexity index is 600. The molecule has 2 N–H and O–H groups in total. The van der Waals surface area contributed by atoms with Gasteiger partial charge in [-0.05, 0) is 37.1 Å². The van der Waals surface area contributed by atoms with E-state index in [0.29, 0.717) is 24.4 Å². The molecule has 1 saturated heterocycles. The van der Waals surface area contributed by atoms with Crippen molar-refractivity contribution >= 4 is 22.2 Å². The lowest BCUT2D eigenvalue weighted by Crippen LogP contribution is -2.22. The van der Waals surface area contributed by atoms with Gasteiger partial charge < -0.3 is 20.1 Å². The first-order chi connectivity index (χ1) is 10.8. The number of methoxy groups -OCH3 is 1. The highest BCUT2D eigenvalue weighted by Crippen LogP contribution is 2.37. The fourth-order valence-electron chi connectivity index (χ4n) is 2.81. The molecule has 22 heavy (non-hydrogen) atoms. The molecule has 3 rings (SSSR count). The first-order valence-electron chi connectivity index (χ1n) is 7.47. The Kier molecular flexibility index (Phi) is 4.80. The summed E-state index contributed by atoms with van der Waals surface area (Å²) in [4.78, 5) is 6.85. The minimum absolute atomic E-state index is 0.328. The van der Waals surface area contributed by atoms with Crippen LogP contribution >= 0.6 is 11.3 Å². The number of anilines is 2. The van der Waals surface area contributed by atoms with Crippen LogP contribution in [0.1, 0.15) is 24.6 Å². The van der Waals surface area contributed by atoms with Crippen molar-refractivity contribution in [3.05, 3.63) is 35.3 Å². The molecule has 1 aliphatic rings. The van der Waals surface area contributed by atoms with Crippen molar-refractivity contribution in [3.63, 3.8) is 0 Å². The Morgan fingerprint density at radius 1 is 1.32 bits per heavy atom. The van der Waals surface area contributed by atoms with Crippen LogP contribution in [0.25, 0.3) is 0 Å². The van der Waals surface area contributed by atoms with Gasteiger partial charge >= 0.3 is 0 Å². The summed E-state index contributed by atoms with van der Waals surface area (Å²) in [5, 5.41) is 2.71. The number of rotatable bonds is 6. The third-order valence-corrected chi connectivity index (χ3v) is 4.55. The highest BCUT2D eigenvalue weighted by molar-refractivity contribution is 7.13. The average Bonchev–Trinajstić information content (AvgIpc) is 3.17. The summed E-state index contributed by atoms with van der Waals surface area (Å²) in [6, 6.07) is 8.56. The highest BCUT2D eigenvalue weighted by Gasteiger charge is 2.28. The van der Waals surface area contributed by atoms with Gasteiger partial charge in [0.15, 0.2) is 5.13 Å². The van der Waals surface area contributed by atoms with Crippen molar-refractivity contribution in [2.45, 2.75) is 18.9 Å². The van der Waals surface area contributed by atoms with E-state index < -0.39 is 0 Å². The van der Waals surface area contributed by atoms with Crippen LogP contribution in [0.5, 0.6) is 5.75 Å². The third kappa shape index (κ3) is 3.34. The number of thiazole rings is 1. The zero-order chi connectivity index (χ0) is 15.4. The molecule has 2 aromatic rings. The van der Waals surface area contributed by atoms with Gasteiger partial charge in [0.2, 0.25) is 0 Å². The van der Waals surface area contributed by atoms with E-state index in [2.05, 4.69) is 27.4 Å². The van der Waals surface area contributed by atoms with Crippen molar-refractivity contribution in [1.82, 2.24) is 4.98 Å².